The molecule has 0 fully saturated rings. The van der Waals surface area contributed by atoms with E-state index in [2.05, 4.69) is 25.6 Å². The van der Waals surface area contributed by atoms with Gasteiger partial charge in [-0.25, -0.2) is 19.7 Å². The number of rotatable bonds is 9. The van der Waals surface area contributed by atoms with E-state index in [-0.39, 0.29) is 5.56 Å². The molecule has 5 N–H and O–H groups in total. The zero-order chi connectivity index (χ0) is 19.8. The van der Waals surface area contributed by atoms with Gasteiger partial charge in [-0.15, -0.1) is 0 Å². The molecule has 0 amide bonds. The van der Waals surface area contributed by atoms with E-state index in [9.17, 15) is 4.79 Å². The highest BCUT2D eigenvalue weighted by Crippen LogP contribution is 2.25. The minimum Gasteiger partial charge on any atom is -0.478 e. The zero-order valence-corrected chi connectivity index (χ0v) is 15.3. The van der Waals surface area contributed by atoms with E-state index in [1.54, 1.807) is 30.6 Å². The number of aromatic carboxylic acids is 1. The SMILES string of the molecule is NCCCCNc1ncccc1-c1ccnc(Nc2cccc(C(=O)O)c2)n1. The summed E-state index contributed by atoms with van der Waals surface area (Å²) in [6.45, 7) is 1.44. The van der Waals surface area contributed by atoms with Crippen LogP contribution in [0.5, 0.6) is 0 Å². The van der Waals surface area contributed by atoms with Crippen molar-refractivity contribution in [1.82, 2.24) is 15.0 Å². The Bertz CT molecular complexity index is 947. The van der Waals surface area contributed by atoms with Crippen LogP contribution in [0.4, 0.5) is 17.5 Å². The first kappa shape index (κ1) is 19.2. The Labute approximate surface area is 162 Å². The highest BCUT2D eigenvalue weighted by molar-refractivity contribution is 5.89. The third-order valence-corrected chi connectivity index (χ3v) is 4.03. The molecule has 1 aromatic carbocycles. The number of aromatic nitrogens is 3. The van der Waals surface area contributed by atoms with Crippen molar-refractivity contribution in [2.75, 3.05) is 23.7 Å². The number of nitrogens with one attached hydrogen (secondary N) is 2. The van der Waals surface area contributed by atoms with Gasteiger partial charge in [-0.05, 0) is 55.8 Å². The number of nitrogens with two attached hydrogens (primary N) is 1. The van der Waals surface area contributed by atoms with Gasteiger partial charge in [0.05, 0.1) is 11.3 Å². The normalized spacial score (nSPS) is 10.5. The van der Waals surface area contributed by atoms with Crippen LogP contribution in [0.2, 0.25) is 0 Å². The monoisotopic (exact) mass is 378 g/mol. The molecular formula is C20H22N6O2. The molecule has 0 unspecified atom stereocenters. The number of carbonyl (C=O) groups is 1. The summed E-state index contributed by atoms with van der Waals surface area (Å²) in [6.07, 6.45) is 5.29. The van der Waals surface area contributed by atoms with Crippen molar-refractivity contribution >= 4 is 23.4 Å². The van der Waals surface area contributed by atoms with E-state index >= 15 is 0 Å². The van der Waals surface area contributed by atoms with E-state index < -0.39 is 5.97 Å². The molecule has 3 aromatic rings. The highest BCUT2D eigenvalue weighted by Gasteiger charge is 2.09. The number of hydrogen-bond acceptors (Lipinski definition) is 7. The van der Waals surface area contributed by atoms with E-state index in [0.717, 1.165) is 30.8 Å². The maximum atomic E-state index is 11.1. The van der Waals surface area contributed by atoms with Gasteiger partial charge in [0.2, 0.25) is 5.95 Å². The lowest BCUT2D eigenvalue weighted by atomic mass is 10.1. The predicted molar refractivity (Wildman–Crippen MR) is 109 cm³/mol. The third-order valence-electron chi connectivity index (χ3n) is 4.03. The number of carboxylic acid groups (broad SMARTS) is 1. The highest BCUT2D eigenvalue weighted by atomic mass is 16.4. The summed E-state index contributed by atoms with van der Waals surface area (Å²) in [5.74, 6) is 0.133. The van der Waals surface area contributed by atoms with E-state index in [4.69, 9.17) is 10.8 Å². The summed E-state index contributed by atoms with van der Waals surface area (Å²) in [4.78, 5) is 24.3. The summed E-state index contributed by atoms with van der Waals surface area (Å²) in [5, 5.41) is 15.5. The lowest BCUT2D eigenvalue weighted by molar-refractivity contribution is 0.0697. The van der Waals surface area contributed by atoms with Crippen molar-refractivity contribution in [3.63, 3.8) is 0 Å². The fourth-order valence-corrected chi connectivity index (χ4v) is 2.66. The fraction of sp³-hybridized carbons (Fsp3) is 0.200. The predicted octanol–water partition coefficient (Wildman–Crippen LogP) is 3.13. The van der Waals surface area contributed by atoms with Crippen molar-refractivity contribution in [1.29, 1.82) is 0 Å². The Morgan fingerprint density at radius 2 is 1.96 bits per heavy atom. The van der Waals surface area contributed by atoms with Crippen molar-refractivity contribution in [2.24, 2.45) is 5.73 Å². The standard InChI is InChI=1S/C20H22N6O2/c21-9-1-2-10-22-18-16(7-4-11-23-18)17-8-12-24-20(26-17)25-15-6-3-5-14(13-15)19(27)28/h3-8,11-13H,1-2,9-10,21H2,(H,22,23)(H,27,28)(H,24,25,26). The van der Waals surface area contributed by atoms with Gasteiger partial charge in [0.1, 0.15) is 5.82 Å². The Hall–Kier alpha value is -3.52. The van der Waals surface area contributed by atoms with Crippen LogP contribution in [-0.4, -0.2) is 39.1 Å². The third kappa shape index (κ3) is 5.01. The number of anilines is 3. The number of unbranched alkanes of at least 4 members (excludes halogenated alkanes) is 1. The Balaban J connectivity index is 1.80. The molecule has 2 aromatic heterocycles. The van der Waals surface area contributed by atoms with Crippen molar-refractivity contribution in [3.8, 4) is 11.3 Å². The smallest absolute Gasteiger partial charge is 0.335 e. The maximum absolute atomic E-state index is 11.1. The molecule has 0 saturated heterocycles. The van der Waals surface area contributed by atoms with Crippen LogP contribution in [0.1, 0.15) is 23.2 Å². The molecule has 0 spiro atoms. The summed E-state index contributed by atoms with van der Waals surface area (Å²) >= 11 is 0. The first-order chi connectivity index (χ1) is 13.7. The quantitative estimate of drug-likeness (QED) is 0.418. The van der Waals surface area contributed by atoms with Gasteiger partial charge in [0.25, 0.3) is 0 Å². The van der Waals surface area contributed by atoms with Gasteiger partial charge >= 0.3 is 5.97 Å². The molecule has 8 nitrogen and oxygen atoms in total. The number of nitrogens with zero attached hydrogens (tertiary/aromatic N) is 3. The molecule has 3 rings (SSSR count). The number of carboxylic acids is 1. The van der Waals surface area contributed by atoms with Gasteiger partial charge in [-0.1, -0.05) is 6.07 Å². The molecule has 144 valence electrons. The Morgan fingerprint density at radius 3 is 2.79 bits per heavy atom. The first-order valence-electron chi connectivity index (χ1n) is 9.00. The Kier molecular flexibility index (Phi) is 6.48. The largest absolute Gasteiger partial charge is 0.478 e. The molecular weight excluding hydrogens is 356 g/mol. The maximum Gasteiger partial charge on any atom is 0.335 e. The number of hydrogen-bond donors (Lipinski definition) is 4. The van der Waals surface area contributed by atoms with Crippen LogP contribution in [0.3, 0.4) is 0 Å². The van der Waals surface area contributed by atoms with Crippen LogP contribution in [0.25, 0.3) is 11.3 Å². The summed E-state index contributed by atoms with van der Waals surface area (Å²) in [6, 6.07) is 12.1. The molecule has 28 heavy (non-hydrogen) atoms. The minimum atomic E-state index is -0.987. The summed E-state index contributed by atoms with van der Waals surface area (Å²) in [7, 11) is 0. The zero-order valence-electron chi connectivity index (χ0n) is 15.3. The molecule has 2 heterocycles. The second kappa shape index (κ2) is 9.43. The molecule has 0 radical (unpaired) electrons. The van der Waals surface area contributed by atoms with Crippen molar-refractivity contribution < 1.29 is 9.90 Å². The molecule has 0 bridgehead atoms. The molecule has 0 aliphatic carbocycles. The lowest BCUT2D eigenvalue weighted by Crippen LogP contribution is -2.08. The number of benzene rings is 1. The van der Waals surface area contributed by atoms with Gasteiger partial charge in [-0.3, -0.25) is 0 Å². The topological polar surface area (TPSA) is 126 Å². The first-order valence-corrected chi connectivity index (χ1v) is 9.00. The van der Waals surface area contributed by atoms with Crippen LogP contribution < -0.4 is 16.4 Å². The van der Waals surface area contributed by atoms with E-state index in [0.29, 0.717) is 23.9 Å². The lowest BCUT2D eigenvalue weighted by Gasteiger charge is -2.11. The molecule has 0 atom stereocenters. The molecule has 8 heteroatoms. The average Bonchev–Trinajstić information content (AvgIpc) is 2.72. The molecule has 0 aliphatic heterocycles. The average molecular weight is 378 g/mol. The van der Waals surface area contributed by atoms with Crippen molar-refractivity contribution in [2.45, 2.75) is 12.8 Å². The Morgan fingerprint density at radius 1 is 1.07 bits per heavy atom. The van der Waals surface area contributed by atoms with Crippen LogP contribution in [0, 0.1) is 0 Å². The van der Waals surface area contributed by atoms with Crippen LogP contribution >= 0.6 is 0 Å². The van der Waals surface area contributed by atoms with Crippen LogP contribution in [-0.2, 0) is 0 Å². The fourth-order valence-electron chi connectivity index (χ4n) is 2.66. The number of pyridine rings is 1. The van der Waals surface area contributed by atoms with Gasteiger partial charge in [0, 0.05) is 30.2 Å². The van der Waals surface area contributed by atoms with Gasteiger partial charge in [-0.2, -0.15) is 0 Å². The van der Waals surface area contributed by atoms with Crippen LogP contribution in [0.15, 0.2) is 54.9 Å². The molecule has 0 saturated carbocycles. The second-order valence-corrected chi connectivity index (χ2v) is 6.10. The van der Waals surface area contributed by atoms with Gasteiger partial charge < -0.3 is 21.5 Å². The van der Waals surface area contributed by atoms with E-state index in [1.807, 2.05) is 12.1 Å². The summed E-state index contributed by atoms with van der Waals surface area (Å²) < 4.78 is 0. The van der Waals surface area contributed by atoms with E-state index in [1.165, 1.54) is 12.1 Å². The van der Waals surface area contributed by atoms with Gasteiger partial charge in [0.15, 0.2) is 0 Å². The summed E-state index contributed by atoms with van der Waals surface area (Å²) in [5.41, 5.74) is 7.90. The second-order valence-electron chi connectivity index (χ2n) is 6.10. The minimum absolute atomic E-state index is 0.192. The molecule has 0 aliphatic rings. The van der Waals surface area contributed by atoms with Crippen molar-refractivity contribution in [3.05, 3.63) is 60.4 Å².